The van der Waals surface area contributed by atoms with E-state index in [0.717, 1.165) is 63.9 Å². The first-order valence-corrected chi connectivity index (χ1v) is 10.3. The molecule has 0 radical (unpaired) electrons. The standard InChI is InChI=1S/C21H26N6O3/c28-21(26-15-13-25(14-16-26)20-3-1-2-8-22-20)17-23-9-11-24(12-10-23)18-4-6-19(7-5-18)27(29)30/h1-8H,9-17H2. The lowest BCUT2D eigenvalue weighted by Gasteiger charge is -2.38. The van der Waals surface area contributed by atoms with Crippen LogP contribution in [-0.2, 0) is 4.79 Å². The van der Waals surface area contributed by atoms with Gasteiger partial charge in [-0.3, -0.25) is 19.8 Å². The fraction of sp³-hybridized carbons (Fsp3) is 0.429. The minimum atomic E-state index is -0.385. The van der Waals surface area contributed by atoms with Crippen LogP contribution < -0.4 is 9.80 Å². The van der Waals surface area contributed by atoms with E-state index in [0.29, 0.717) is 6.54 Å². The van der Waals surface area contributed by atoms with E-state index in [1.807, 2.05) is 23.1 Å². The van der Waals surface area contributed by atoms with E-state index in [-0.39, 0.29) is 16.5 Å². The van der Waals surface area contributed by atoms with Crippen molar-refractivity contribution in [3.63, 3.8) is 0 Å². The zero-order valence-corrected chi connectivity index (χ0v) is 16.9. The van der Waals surface area contributed by atoms with Gasteiger partial charge in [-0.15, -0.1) is 0 Å². The molecule has 1 aromatic heterocycles. The number of carbonyl (C=O) groups excluding carboxylic acids is 1. The summed E-state index contributed by atoms with van der Waals surface area (Å²) in [5.41, 5.74) is 1.09. The van der Waals surface area contributed by atoms with Gasteiger partial charge in [-0.2, -0.15) is 0 Å². The molecule has 0 N–H and O–H groups in total. The SMILES string of the molecule is O=C(CN1CCN(c2ccc([N+](=O)[O-])cc2)CC1)N1CCN(c2ccccn2)CC1. The van der Waals surface area contributed by atoms with Crippen molar-refractivity contribution < 1.29 is 9.72 Å². The number of rotatable bonds is 5. The molecule has 0 spiro atoms. The third kappa shape index (κ3) is 4.68. The molecule has 1 aromatic carbocycles. The Hall–Kier alpha value is -3.20. The highest BCUT2D eigenvalue weighted by molar-refractivity contribution is 5.78. The van der Waals surface area contributed by atoms with Gasteiger partial charge in [0, 0.05) is 76.4 Å². The molecular formula is C21H26N6O3. The number of aromatic nitrogens is 1. The van der Waals surface area contributed by atoms with Gasteiger partial charge < -0.3 is 14.7 Å². The van der Waals surface area contributed by atoms with E-state index in [1.54, 1.807) is 18.3 Å². The molecule has 2 fully saturated rings. The molecule has 30 heavy (non-hydrogen) atoms. The minimum Gasteiger partial charge on any atom is -0.369 e. The molecule has 158 valence electrons. The van der Waals surface area contributed by atoms with Crippen molar-refractivity contribution in [1.82, 2.24) is 14.8 Å². The molecular weight excluding hydrogens is 384 g/mol. The summed E-state index contributed by atoms with van der Waals surface area (Å²) in [7, 11) is 0. The van der Waals surface area contributed by atoms with Gasteiger partial charge in [0.1, 0.15) is 5.82 Å². The van der Waals surface area contributed by atoms with Gasteiger partial charge in [0.2, 0.25) is 5.91 Å². The summed E-state index contributed by atoms with van der Waals surface area (Å²) >= 11 is 0. The number of hydrogen-bond acceptors (Lipinski definition) is 7. The van der Waals surface area contributed by atoms with Crippen molar-refractivity contribution >= 4 is 23.1 Å². The molecule has 9 heteroatoms. The Bertz CT molecular complexity index is 860. The van der Waals surface area contributed by atoms with Crippen LogP contribution in [0.1, 0.15) is 0 Å². The van der Waals surface area contributed by atoms with E-state index in [1.165, 1.54) is 12.1 Å². The second-order valence-corrected chi connectivity index (χ2v) is 7.59. The maximum absolute atomic E-state index is 12.7. The first-order valence-electron chi connectivity index (χ1n) is 10.3. The Balaban J connectivity index is 1.22. The van der Waals surface area contributed by atoms with Crippen LogP contribution in [0.4, 0.5) is 17.2 Å². The average Bonchev–Trinajstić information content (AvgIpc) is 2.80. The molecule has 0 atom stereocenters. The Labute approximate surface area is 175 Å². The molecule has 1 amide bonds. The van der Waals surface area contributed by atoms with Crippen LogP contribution in [0.25, 0.3) is 0 Å². The Kier molecular flexibility index (Phi) is 6.08. The summed E-state index contributed by atoms with van der Waals surface area (Å²) in [5, 5.41) is 10.8. The smallest absolute Gasteiger partial charge is 0.269 e. The number of nitro groups is 1. The quantitative estimate of drug-likeness (QED) is 0.545. The molecule has 2 aromatic rings. The highest BCUT2D eigenvalue weighted by Crippen LogP contribution is 2.21. The number of carbonyl (C=O) groups is 1. The first kappa shape index (κ1) is 20.1. The predicted molar refractivity (Wildman–Crippen MR) is 115 cm³/mol. The van der Waals surface area contributed by atoms with Gasteiger partial charge in [-0.05, 0) is 24.3 Å². The third-order valence-corrected chi connectivity index (χ3v) is 5.76. The van der Waals surface area contributed by atoms with Crippen LogP contribution >= 0.6 is 0 Å². The van der Waals surface area contributed by atoms with Gasteiger partial charge in [-0.1, -0.05) is 6.07 Å². The third-order valence-electron chi connectivity index (χ3n) is 5.76. The zero-order chi connectivity index (χ0) is 20.9. The van der Waals surface area contributed by atoms with Crippen LogP contribution in [0.3, 0.4) is 0 Å². The molecule has 2 aliphatic rings. The molecule has 0 aliphatic carbocycles. The molecule has 2 saturated heterocycles. The molecule has 0 saturated carbocycles. The molecule has 0 bridgehead atoms. The fourth-order valence-electron chi connectivity index (χ4n) is 3.97. The largest absolute Gasteiger partial charge is 0.369 e. The van der Waals surface area contributed by atoms with Crippen molar-refractivity contribution in [1.29, 1.82) is 0 Å². The van der Waals surface area contributed by atoms with Crippen molar-refractivity contribution in [2.24, 2.45) is 0 Å². The number of anilines is 2. The van der Waals surface area contributed by atoms with E-state index in [9.17, 15) is 14.9 Å². The van der Waals surface area contributed by atoms with Crippen LogP contribution in [0.2, 0.25) is 0 Å². The monoisotopic (exact) mass is 410 g/mol. The fourth-order valence-corrected chi connectivity index (χ4v) is 3.97. The van der Waals surface area contributed by atoms with Gasteiger partial charge in [0.25, 0.3) is 5.69 Å². The number of nitrogens with zero attached hydrogens (tertiary/aromatic N) is 6. The molecule has 3 heterocycles. The average molecular weight is 410 g/mol. The van der Waals surface area contributed by atoms with Crippen molar-refractivity contribution in [2.75, 3.05) is 68.7 Å². The topological polar surface area (TPSA) is 86.1 Å². The van der Waals surface area contributed by atoms with Gasteiger partial charge in [0.05, 0.1) is 11.5 Å². The maximum atomic E-state index is 12.7. The summed E-state index contributed by atoms with van der Waals surface area (Å²) in [6.45, 7) is 6.70. The maximum Gasteiger partial charge on any atom is 0.269 e. The van der Waals surface area contributed by atoms with Gasteiger partial charge >= 0.3 is 0 Å². The van der Waals surface area contributed by atoms with E-state index in [4.69, 9.17) is 0 Å². The minimum absolute atomic E-state index is 0.103. The molecule has 9 nitrogen and oxygen atoms in total. The van der Waals surface area contributed by atoms with Crippen molar-refractivity contribution in [2.45, 2.75) is 0 Å². The lowest BCUT2D eigenvalue weighted by molar-refractivity contribution is -0.384. The molecule has 2 aliphatic heterocycles. The zero-order valence-electron chi connectivity index (χ0n) is 16.9. The van der Waals surface area contributed by atoms with E-state index in [2.05, 4.69) is 19.7 Å². The second kappa shape index (κ2) is 9.08. The highest BCUT2D eigenvalue weighted by Gasteiger charge is 2.25. The van der Waals surface area contributed by atoms with Crippen LogP contribution in [-0.4, -0.2) is 84.5 Å². The summed E-state index contributed by atoms with van der Waals surface area (Å²) in [5.74, 6) is 1.14. The Morgan fingerprint density at radius 1 is 0.900 bits per heavy atom. The van der Waals surface area contributed by atoms with Crippen molar-refractivity contribution in [3.8, 4) is 0 Å². The predicted octanol–water partition coefficient (Wildman–Crippen LogP) is 1.46. The van der Waals surface area contributed by atoms with Crippen LogP contribution in [0.15, 0.2) is 48.7 Å². The lowest BCUT2D eigenvalue weighted by atomic mass is 10.2. The summed E-state index contributed by atoms with van der Waals surface area (Å²) in [4.78, 5) is 36.1. The summed E-state index contributed by atoms with van der Waals surface area (Å²) in [6.07, 6.45) is 1.79. The number of piperazine rings is 2. The summed E-state index contributed by atoms with van der Waals surface area (Å²) in [6, 6.07) is 12.6. The molecule has 0 unspecified atom stereocenters. The normalized spacial score (nSPS) is 17.8. The number of non-ortho nitro benzene ring substituents is 1. The summed E-state index contributed by atoms with van der Waals surface area (Å²) < 4.78 is 0. The highest BCUT2D eigenvalue weighted by atomic mass is 16.6. The Morgan fingerprint density at radius 3 is 2.17 bits per heavy atom. The van der Waals surface area contributed by atoms with E-state index >= 15 is 0 Å². The number of benzene rings is 1. The first-order chi connectivity index (χ1) is 14.6. The van der Waals surface area contributed by atoms with E-state index < -0.39 is 0 Å². The number of nitro benzene ring substituents is 1. The van der Waals surface area contributed by atoms with Crippen LogP contribution in [0.5, 0.6) is 0 Å². The van der Waals surface area contributed by atoms with Crippen molar-refractivity contribution in [3.05, 3.63) is 58.8 Å². The lowest BCUT2D eigenvalue weighted by Crippen LogP contribution is -2.54. The van der Waals surface area contributed by atoms with Gasteiger partial charge in [-0.25, -0.2) is 4.98 Å². The number of hydrogen-bond donors (Lipinski definition) is 0. The number of pyridine rings is 1. The molecule has 4 rings (SSSR count). The second-order valence-electron chi connectivity index (χ2n) is 7.59. The Morgan fingerprint density at radius 2 is 1.57 bits per heavy atom. The van der Waals surface area contributed by atoms with Gasteiger partial charge in [0.15, 0.2) is 0 Å². The number of amides is 1. The van der Waals surface area contributed by atoms with Crippen LogP contribution in [0, 0.1) is 10.1 Å².